The van der Waals surface area contributed by atoms with Crippen molar-refractivity contribution in [2.24, 2.45) is 10.2 Å². The van der Waals surface area contributed by atoms with Crippen LogP contribution in [0.4, 0.5) is 17.1 Å². The number of rotatable bonds is 4. The molecular formula is C30H27N3O2. The van der Waals surface area contributed by atoms with E-state index in [1.807, 2.05) is 73.7 Å². The lowest BCUT2D eigenvalue weighted by atomic mass is 9.99. The molecule has 1 heterocycles. The highest BCUT2D eigenvalue weighted by atomic mass is 16.8. The van der Waals surface area contributed by atoms with E-state index in [0.29, 0.717) is 5.69 Å². The van der Waals surface area contributed by atoms with E-state index in [-0.39, 0.29) is 12.2 Å². The lowest BCUT2D eigenvalue weighted by Crippen LogP contribution is -2.24. The molecule has 3 atom stereocenters. The van der Waals surface area contributed by atoms with Crippen LogP contribution in [0.2, 0.25) is 0 Å². The molecule has 0 aromatic heterocycles. The molecular weight excluding hydrogens is 434 g/mol. The van der Waals surface area contributed by atoms with Crippen molar-refractivity contribution in [3.63, 3.8) is 0 Å². The topological polar surface area (TPSA) is 69.2 Å². The number of ether oxygens (including phenoxy) is 2. The molecule has 0 saturated carbocycles. The van der Waals surface area contributed by atoms with Crippen LogP contribution in [0.15, 0.2) is 107 Å². The monoisotopic (exact) mass is 461 g/mol. The Kier molecular flexibility index (Phi) is 5.44. The van der Waals surface area contributed by atoms with Gasteiger partial charge in [-0.1, -0.05) is 78.9 Å². The summed E-state index contributed by atoms with van der Waals surface area (Å²) >= 11 is 0. The Hall–Kier alpha value is -3.80. The van der Waals surface area contributed by atoms with E-state index in [2.05, 4.69) is 40.6 Å². The molecule has 4 aromatic carbocycles. The summed E-state index contributed by atoms with van der Waals surface area (Å²) < 4.78 is 13.8. The minimum absolute atomic E-state index is 0.231. The highest BCUT2D eigenvalue weighted by Gasteiger charge is 2.54. The van der Waals surface area contributed by atoms with Crippen molar-refractivity contribution in [2.75, 3.05) is 5.73 Å². The van der Waals surface area contributed by atoms with Gasteiger partial charge in [-0.25, -0.2) is 0 Å². The maximum Gasteiger partial charge on any atom is 0.199 e. The SMILES string of the molecule is Cc1ccc(N)cc1N=Nc1cccc2c1C1(CC2)OC(c2ccccc2)[C@H](c2ccccc2)O1. The molecule has 6 rings (SSSR count). The highest BCUT2D eigenvalue weighted by molar-refractivity contribution is 5.58. The molecule has 174 valence electrons. The molecule has 1 aliphatic carbocycles. The molecule has 2 unspecified atom stereocenters. The Bertz CT molecular complexity index is 1340. The van der Waals surface area contributed by atoms with Gasteiger partial charge in [0, 0.05) is 17.7 Å². The first kappa shape index (κ1) is 21.7. The largest absolute Gasteiger partial charge is 0.399 e. The maximum absolute atomic E-state index is 6.88. The van der Waals surface area contributed by atoms with Crippen LogP contribution in [-0.2, 0) is 21.7 Å². The van der Waals surface area contributed by atoms with Crippen LogP contribution in [0, 0.1) is 6.92 Å². The lowest BCUT2D eigenvalue weighted by Gasteiger charge is -2.25. The molecule has 1 aliphatic heterocycles. The molecule has 1 spiro atoms. The van der Waals surface area contributed by atoms with Crippen LogP contribution in [0.25, 0.3) is 0 Å². The van der Waals surface area contributed by atoms with Crippen molar-refractivity contribution in [3.8, 4) is 0 Å². The lowest BCUT2D eigenvalue weighted by molar-refractivity contribution is -0.183. The zero-order chi connectivity index (χ0) is 23.8. The first-order chi connectivity index (χ1) is 17.1. The number of nitrogens with zero attached hydrogens (tertiary/aromatic N) is 2. The Morgan fingerprint density at radius 1 is 0.743 bits per heavy atom. The first-order valence-electron chi connectivity index (χ1n) is 12.0. The fourth-order valence-electron chi connectivity index (χ4n) is 5.15. The molecule has 1 saturated heterocycles. The first-order valence-corrected chi connectivity index (χ1v) is 12.0. The highest BCUT2D eigenvalue weighted by Crippen LogP contribution is 2.58. The smallest absolute Gasteiger partial charge is 0.199 e. The third-order valence-electron chi connectivity index (χ3n) is 6.90. The van der Waals surface area contributed by atoms with Crippen LogP contribution in [0.5, 0.6) is 0 Å². The third-order valence-corrected chi connectivity index (χ3v) is 6.90. The number of anilines is 1. The van der Waals surface area contributed by atoms with E-state index in [1.165, 1.54) is 5.56 Å². The normalized spacial score (nSPS) is 23.2. The molecule has 0 bridgehead atoms. The summed E-state index contributed by atoms with van der Waals surface area (Å²) in [6.07, 6.45) is 1.13. The Balaban J connectivity index is 1.43. The van der Waals surface area contributed by atoms with Gasteiger partial charge in [-0.15, -0.1) is 0 Å². The van der Waals surface area contributed by atoms with Crippen molar-refractivity contribution in [2.45, 2.75) is 37.8 Å². The Morgan fingerprint density at radius 3 is 2.03 bits per heavy atom. The number of hydrogen-bond acceptors (Lipinski definition) is 5. The second-order valence-corrected chi connectivity index (χ2v) is 9.21. The van der Waals surface area contributed by atoms with Gasteiger partial charge < -0.3 is 15.2 Å². The van der Waals surface area contributed by atoms with Gasteiger partial charge in [-0.05, 0) is 53.8 Å². The van der Waals surface area contributed by atoms with Crippen molar-refractivity contribution < 1.29 is 9.47 Å². The average Bonchev–Trinajstić information content (AvgIpc) is 3.47. The summed E-state index contributed by atoms with van der Waals surface area (Å²) in [5.41, 5.74) is 13.5. The van der Waals surface area contributed by atoms with Gasteiger partial charge in [0.2, 0.25) is 0 Å². The predicted molar refractivity (Wildman–Crippen MR) is 137 cm³/mol. The molecule has 0 amide bonds. The zero-order valence-electron chi connectivity index (χ0n) is 19.6. The van der Waals surface area contributed by atoms with Crippen molar-refractivity contribution in [3.05, 3.63) is 125 Å². The van der Waals surface area contributed by atoms with E-state index in [0.717, 1.165) is 46.5 Å². The molecule has 5 heteroatoms. The van der Waals surface area contributed by atoms with Crippen LogP contribution >= 0.6 is 0 Å². The Labute approximate surface area is 205 Å². The van der Waals surface area contributed by atoms with E-state index in [1.54, 1.807) is 0 Å². The fourth-order valence-corrected chi connectivity index (χ4v) is 5.15. The summed E-state index contributed by atoms with van der Waals surface area (Å²) in [4.78, 5) is 0. The minimum atomic E-state index is -0.878. The third kappa shape index (κ3) is 3.93. The number of fused-ring (bicyclic) bond motifs is 2. The number of hydrogen-bond donors (Lipinski definition) is 1. The molecule has 0 radical (unpaired) electrons. The molecule has 2 N–H and O–H groups in total. The van der Waals surface area contributed by atoms with Crippen LogP contribution in [0.1, 0.15) is 46.4 Å². The van der Waals surface area contributed by atoms with E-state index in [4.69, 9.17) is 15.2 Å². The molecule has 35 heavy (non-hydrogen) atoms. The van der Waals surface area contributed by atoms with E-state index >= 15 is 0 Å². The minimum Gasteiger partial charge on any atom is -0.399 e. The summed E-state index contributed by atoms with van der Waals surface area (Å²) in [5, 5.41) is 9.23. The summed E-state index contributed by atoms with van der Waals surface area (Å²) in [5.74, 6) is -0.878. The van der Waals surface area contributed by atoms with Crippen molar-refractivity contribution in [1.29, 1.82) is 0 Å². The standard InChI is InChI=1S/C30H27N3O2/c1-20-15-16-24(31)19-26(20)33-32-25-14-8-13-21-17-18-30(27(21)25)34-28(22-9-4-2-5-10-22)29(35-30)23-11-6-3-7-12-23/h2-16,19,28-29H,17-18,31H2,1H3/t28-,29?,30?/m0/s1. The molecule has 1 fully saturated rings. The number of aryl methyl sites for hydroxylation is 2. The number of azo groups is 1. The predicted octanol–water partition coefficient (Wildman–Crippen LogP) is 7.62. The van der Waals surface area contributed by atoms with Gasteiger partial charge in [-0.3, -0.25) is 0 Å². The molecule has 4 aromatic rings. The molecule has 2 aliphatic rings. The summed E-state index contributed by atoms with van der Waals surface area (Å²) in [7, 11) is 0. The van der Waals surface area contributed by atoms with Gasteiger partial charge in [-0.2, -0.15) is 10.2 Å². The summed E-state index contributed by atoms with van der Waals surface area (Å²) in [6, 6.07) is 32.5. The second-order valence-electron chi connectivity index (χ2n) is 9.21. The number of nitrogen functional groups attached to an aromatic ring is 1. The van der Waals surface area contributed by atoms with Gasteiger partial charge in [0.15, 0.2) is 5.79 Å². The number of benzene rings is 4. The van der Waals surface area contributed by atoms with E-state index < -0.39 is 5.79 Å². The average molecular weight is 462 g/mol. The van der Waals surface area contributed by atoms with Gasteiger partial charge in [0.05, 0.1) is 11.4 Å². The molecule has 5 nitrogen and oxygen atoms in total. The van der Waals surface area contributed by atoms with Crippen LogP contribution < -0.4 is 5.73 Å². The van der Waals surface area contributed by atoms with Crippen molar-refractivity contribution in [1.82, 2.24) is 0 Å². The zero-order valence-corrected chi connectivity index (χ0v) is 19.6. The fraction of sp³-hybridized carbons (Fsp3) is 0.200. The quantitative estimate of drug-likeness (QED) is 0.251. The van der Waals surface area contributed by atoms with Gasteiger partial charge in [0.25, 0.3) is 0 Å². The van der Waals surface area contributed by atoms with E-state index in [9.17, 15) is 0 Å². The summed E-state index contributed by atoms with van der Waals surface area (Å²) in [6.45, 7) is 2.00. The van der Waals surface area contributed by atoms with Crippen molar-refractivity contribution >= 4 is 17.1 Å². The van der Waals surface area contributed by atoms with Gasteiger partial charge in [0.1, 0.15) is 12.2 Å². The van der Waals surface area contributed by atoms with Crippen LogP contribution in [-0.4, -0.2) is 0 Å². The van der Waals surface area contributed by atoms with Crippen LogP contribution in [0.3, 0.4) is 0 Å². The van der Waals surface area contributed by atoms with Gasteiger partial charge >= 0.3 is 0 Å². The number of nitrogens with two attached hydrogens (primary N) is 1. The maximum atomic E-state index is 6.88. The Morgan fingerprint density at radius 2 is 1.37 bits per heavy atom. The second kappa shape index (κ2) is 8.77.